The number of benzene rings is 1. The minimum absolute atomic E-state index is 0.0607. The quantitative estimate of drug-likeness (QED) is 0.815. The molecule has 2 aliphatic heterocycles. The number of morpholine rings is 1. The highest BCUT2D eigenvalue weighted by atomic mass is 32.2. The zero-order valence-electron chi connectivity index (χ0n) is 13.6. The molecule has 0 radical (unpaired) electrons. The van der Waals surface area contributed by atoms with E-state index in [1.165, 1.54) is 16.4 Å². The first-order chi connectivity index (χ1) is 11.4. The third kappa shape index (κ3) is 3.18. The Hall–Kier alpha value is -1.51. The average molecular weight is 356 g/mol. The maximum atomic E-state index is 13.3. The van der Waals surface area contributed by atoms with E-state index < -0.39 is 21.9 Å². The van der Waals surface area contributed by atoms with Crippen molar-refractivity contribution in [3.63, 3.8) is 0 Å². The van der Waals surface area contributed by atoms with Crippen LogP contribution in [0.25, 0.3) is 0 Å². The Bertz CT molecular complexity index is 732. The van der Waals surface area contributed by atoms with Crippen LogP contribution in [-0.4, -0.2) is 62.4 Å². The molecular formula is C16H21FN2O4S. The lowest BCUT2D eigenvalue weighted by atomic mass is 10.2. The topological polar surface area (TPSA) is 66.9 Å². The fourth-order valence-corrected chi connectivity index (χ4v) is 5.16. The molecule has 1 aromatic carbocycles. The molecular weight excluding hydrogens is 335 g/mol. The zero-order valence-corrected chi connectivity index (χ0v) is 14.4. The van der Waals surface area contributed by atoms with E-state index in [0.29, 0.717) is 51.3 Å². The third-order valence-corrected chi connectivity index (χ3v) is 6.60. The van der Waals surface area contributed by atoms with Gasteiger partial charge in [0.2, 0.25) is 15.9 Å². The molecule has 0 bridgehead atoms. The van der Waals surface area contributed by atoms with E-state index >= 15 is 0 Å². The normalized spacial score (nSPS) is 22.8. The van der Waals surface area contributed by atoms with Gasteiger partial charge in [-0.2, -0.15) is 4.31 Å². The summed E-state index contributed by atoms with van der Waals surface area (Å²) in [6.45, 7) is 3.78. The van der Waals surface area contributed by atoms with Gasteiger partial charge in [-0.1, -0.05) is 0 Å². The SMILES string of the molecule is Cc1cc(F)ccc1S(=O)(=O)N1CCC[C@@H]1C(=O)N1CCOCC1. The van der Waals surface area contributed by atoms with Crippen LogP contribution in [-0.2, 0) is 19.6 Å². The highest BCUT2D eigenvalue weighted by Gasteiger charge is 2.41. The van der Waals surface area contributed by atoms with E-state index in [1.807, 2.05) is 0 Å². The van der Waals surface area contributed by atoms with Gasteiger partial charge in [0, 0.05) is 19.6 Å². The van der Waals surface area contributed by atoms with Gasteiger partial charge in [0.25, 0.3) is 0 Å². The van der Waals surface area contributed by atoms with Crippen molar-refractivity contribution in [2.45, 2.75) is 30.7 Å². The molecule has 2 aliphatic rings. The number of hydrogen-bond donors (Lipinski definition) is 0. The smallest absolute Gasteiger partial charge is 0.244 e. The van der Waals surface area contributed by atoms with Gasteiger partial charge in [-0.25, -0.2) is 12.8 Å². The fraction of sp³-hybridized carbons (Fsp3) is 0.562. The summed E-state index contributed by atoms with van der Waals surface area (Å²) in [5, 5.41) is 0. The van der Waals surface area contributed by atoms with Crippen molar-refractivity contribution >= 4 is 15.9 Å². The summed E-state index contributed by atoms with van der Waals surface area (Å²) in [5.41, 5.74) is 0.347. The van der Waals surface area contributed by atoms with Crippen LogP contribution in [0.5, 0.6) is 0 Å². The molecule has 2 fully saturated rings. The maximum absolute atomic E-state index is 13.3. The lowest BCUT2D eigenvalue weighted by molar-refractivity contribution is -0.138. The van der Waals surface area contributed by atoms with Gasteiger partial charge < -0.3 is 9.64 Å². The summed E-state index contributed by atoms with van der Waals surface area (Å²) in [6.07, 6.45) is 1.15. The van der Waals surface area contributed by atoms with Crippen LogP contribution in [0.2, 0.25) is 0 Å². The molecule has 1 atom stereocenters. The molecule has 2 saturated heterocycles. The number of rotatable bonds is 3. The number of hydrogen-bond acceptors (Lipinski definition) is 4. The molecule has 0 aromatic heterocycles. The summed E-state index contributed by atoms with van der Waals surface area (Å²) in [4.78, 5) is 14.5. The molecule has 0 spiro atoms. The number of ether oxygens (including phenoxy) is 1. The van der Waals surface area contributed by atoms with Gasteiger partial charge >= 0.3 is 0 Å². The summed E-state index contributed by atoms with van der Waals surface area (Å²) >= 11 is 0. The Balaban J connectivity index is 1.87. The van der Waals surface area contributed by atoms with E-state index in [2.05, 4.69) is 0 Å². The Morgan fingerprint density at radius 1 is 1.25 bits per heavy atom. The average Bonchev–Trinajstić information content (AvgIpc) is 3.05. The van der Waals surface area contributed by atoms with Crippen LogP contribution in [0.15, 0.2) is 23.1 Å². The first-order valence-electron chi connectivity index (χ1n) is 8.06. The first-order valence-corrected chi connectivity index (χ1v) is 9.50. The molecule has 0 saturated carbocycles. The number of nitrogens with zero attached hydrogens (tertiary/aromatic N) is 2. The van der Waals surface area contributed by atoms with Crippen LogP contribution in [0, 0.1) is 12.7 Å². The largest absolute Gasteiger partial charge is 0.378 e. The Morgan fingerprint density at radius 3 is 2.62 bits per heavy atom. The molecule has 8 heteroatoms. The van der Waals surface area contributed by atoms with E-state index in [-0.39, 0.29) is 10.8 Å². The Kier molecular flexibility index (Phi) is 4.89. The second-order valence-corrected chi connectivity index (χ2v) is 7.98. The minimum atomic E-state index is -3.83. The molecule has 0 unspecified atom stereocenters. The van der Waals surface area contributed by atoms with Crippen molar-refractivity contribution in [3.8, 4) is 0 Å². The highest BCUT2D eigenvalue weighted by Crippen LogP contribution is 2.29. The van der Waals surface area contributed by atoms with Gasteiger partial charge in [-0.3, -0.25) is 4.79 Å². The van der Waals surface area contributed by atoms with Crippen molar-refractivity contribution in [2.75, 3.05) is 32.8 Å². The molecule has 6 nitrogen and oxygen atoms in total. The van der Waals surface area contributed by atoms with Gasteiger partial charge in [-0.05, 0) is 43.5 Å². The van der Waals surface area contributed by atoms with Crippen LogP contribution < -0.4 is 0 Å². The summed E-state index contributed by atoms with van der Waals surface area (Å²) < 4.78 is 45.7. The highest BCUT2D eigenvalue weighted by molar-refractivity contribution is 7.89. The molecule has 24 heavy (non-hydrogen) atoms. The van der Waals surface area contributed by atoms with E-state index in [1.54, 1.807) is 11.8 Å². The second-order valence-electron chi connectivity index (χ2n) is 6.12. The Morgan fingerprint density at radius 2 is 1.96 bits per heavy atom. The van der Waals surface area contributed by atoms with Crippen LogP contribution in [0.3, 0.4) is 0 Å². The second kappa shape index (κ2) is 6.78. The van der Waals surface area contributed by atoms with Gasteiger partial charge in [0.1, 0.15) is 11.9 Å². The fourth-order valence-electron chi connectivity index (χ4n) is 3.30. The van der Waals surface area contributed by atoms with Crippen LogP contribution >= 0.6 is 0 Å². The van der Waals surface area contributed by atoms with Gasteiger partial charge in [0.15, 0.2) is 0 Å². The van der Waals surface area contributed by atoms with Crippen LogP contribution in [0.1, 0.15) is 18.4 Å². The lowest BCUT2D eigenvalue weighted by Crippen LogP contribution is -2.51. The lowest BCUT2D eigenvalue weighted by Gasteiger charge is -2.32. The van der Waals surface area contributed by atoms with Crippen molar-refractivity contribution in [1.29, 1.82) is 0 Å². The number of aryl methyl sites for hydroxylation is 1. The standard InChI is InChI=1S/C16H21FN2O4S/c1-12-11-13(17)4-5-15(12)24(21,22)19-6-2-3-14(19)16(20)18-7-9-23-10-8-18/h4-5,11,14H,2-3,6-10H2,1H3/t14-/m1/s1. The summed E-state index contributed by atoms with van der Waals surface area (Å²) in [5.74, 6) is -0.645. The predicted octanol–water partition coefficient (Wildman–Crippen LogP) is 1.15. The van der Waals surface area contributed by atoms with E-state index in [4.69, 9.17) is 4.74 Å². The Labute approximate surface area is 141 Å². The van der Waals surface area contributed by atoms with Crippen molar-refractivity contribution < 1.29 is 22.3 Å². The maximum Gasteiger partial charge on any atom is 0.244 e. The van der Waals surface area contributed by atoms with Crippen molar-refractivity contribution in [3.05, 3.63) is 29.6 Å². The van der Waals surface area contributed by atoms with E-state index in [0.717, 1.165) is 6.07 Å². The number of halogens is 1. The zero-order chi connectivity index (χ0) is 17.3. The molecule has 2 heterocycles. The molecule has 0 aliphatic carbocycles. The van der Waals surface area contributed by atoms with E-state index in [9.17, 15) is 17.6 Å². The number of carbonyl (C=O) groups is 1. The molecule has 3 rings (SSSR count). The van der Waals surface area contributed by atoms with Gasteiger partial charge in [-0.15, -0.1) is 0 Å². The van der Waals surface area contributed by atoms with Crippen molar-refractivity contribution in [1.82, 2.24) is 9.21 Å². The number of carbonyl (C=O) groups excluding carboxylic acids is 1. The molecule has 1 aromatic rings. The number of sulfonamides is 1. The first kappa shape index (κ1) is 17.3. The third-order valence-electron chi connectivity index (χ3n) is 4.54. The summed E-state index contributed by atoms with van der Waals surface area (Å²) in [7, 11) is -3.83. The molecule has 132 valence electrons. The monoisotopic (exact) mass is 356 g/mol. The summed E-state index contributed by atoms with van der Waals surface area (Å²) in [6, 6.07) is 2.92. The molecule has 1 amide bonds. The van der Waals surface area contributed by atoms with Crippen LogP contribution in [0.4, 0.5) is 4.39 Å². The van der Waals surface area contributed by atoms with Gasteiger partial charge in [0.05, 0.1) is 18.1 Å². The minimum Gasteiger partial charge on any atom is -0.378 e. The number of amides is 1. The van der Waals surface area contributed by atoms with Crippen molar-refractivity contribution in [2.24, 2.45) is 0 Å². The molecule has 0 N–H and O–H groups in total. The predicted molar refractivity (Wildman–Crippen MR) is 85.4 cm³/mol.